The number of nitrogens with two attached hydrogens (primary N) is 1. The Kier molecular flexibility index (Phi) is 5.41. The van der Waals surface area contributed by atoms with Crippen molar-refractivity contribution < 1.29 is 5.21 Å². The minimum absolute atomic E-state index is 0.165. The van der Waals surface area contributed by atoms with Crippen molar-refractivity contribution in [3.05, 3.63) is 35.4 Å². The van der Waals surface area contributed by atoms with E-state index < -0.39 is 0 Å². The number of hydrogen-bond acceptors (Lipinski definition) is 3. The summed E-state index contributed by atoms with van der Waals surface area (Å²) in [6, 6.07) is 8.70. The summed E-state index contributed by atoms with van der Waals surface area (Å²) in [6.07, 6.45) is 6.56. The number of rotatable bonds is 4. The molecule has 0 aliphatic carbocycles. The molecule has 1 aliphatic heterocycles. The maximum Gasteiger partial charge on any atom is 0.170 e. The number of benzene rings is 1. The second-order valence-corrected chi connectivity index (χ2v) is 5.56. The highest BCUT2D eigenvalue weighted by atomic mass is 16.4. The van der Waals surface area contributed by atoms with E-state index >= 15 is 0 Å². The molecular weight excluding hydrogens is 250 g/mol. The number of hydrogen-bond donors (Lipinski definition) is 2. The Morgan fingerprint density at radius 3 is 2.70 bits per heavy atom. The Hall–Kier alpha value is -1.55. The average Bonchev–Trinajstić information content (AvgIpc) is 2.72. The van der Waals surface area contributed by atoms with E-state index in [4.69, 9.17) is 10.9 Å². The molecule has 1 aliphatic rings. The Morgan fingerprint density at radius 2 is 2.05 bits per heavy atom. The first-order valence-electron chi connectivity index (χ1n) is 7.55. The van der Waals surface area contributed by atoms with Crippen LogP contribution in [0.1, 0.15) is 50.2 Å². The number of oxime groups is 1. The van der Waals surface area contributed by atoms with Gasteiger partial charge < -0.3 is 10.9 Å². The predicted molar refractivity (Wildman–Crippen MR) is 81.9 cm³/mol. The highest BCUT2D eigenvalue weighted by Gasteiger charge is 2.19. The van der Waals surface area contributed by atoms with Crippen molar-refractivity contribution in [3.63, 3.8) is 0 Å². The third-order valence-corrected chi connectivity index (χ3v) is 4.21. The lowest BCUT2D eigenvalue weighted by Gasteiger charge is -2.29. The molecule has 20 heavy (non-hydrogen) atoms. The average molecular weight is 275 g/mol. The van der Waals surface area contributed by atoms with Gasteiger partial charge in [0, 0.05) is 18.2 Å². The first-order valence-corrected chi connectivity index (χ1v) is 7.55. The zero-order chi connectivity index (χ0) is 14.4. The van der Waals surface area contributed by atoms with Gasteiger partial charge in [-0.1, -0.05) is 49.2 Å². The molecule has 0 bridgehead atoms. The first kappa shape index (κ1) is 14.9. The largest absolute Gasteiger partial charge is 0.409 e. The lowest BCUT2D eigenvalue weighted by atomic mass is 10.1. The Balaban J connectivity index is 2.04. The van der Waals surface area contributed by atoms with Crippen LogP contribution in [0, 0.1) is 0 Å². The molecular formula is C16H25N3O. The van der Waals surface area contributed by atoms with Crippen LogP contribution >= 0.6 is 0 Å². The van der Waals surface area contributed by atoms with Gasteiger partial charge in [-0.3, -0.25) is 4.90 Å². The molecule has 4 heteroatoms. The van der Waals surface area contributed by atoms with Crippen LogP contribution in [-0.2, 0) is 6.54 Å². The number of nitrogens with zero attached hydrogens (tertiary/aromatic N) is 2. The second-order valence-electron chi connectivity index (χ2n) is 5.56. The van der Waals surface area contributed by atoms with Crippen molar-refractivity contribution in [2.75, 3.05) is 6.54 Å². The van der Waals surface area contributed by atoms with Gasteiger partial charge in [-0.15, -0.1) is 0 Å². The summed E-state index contributed by atoms with van der Waals surface area (Å²) in [5, 5.41) is 11.7. The van der Waals surface area contributed by atoms with Crippen molar-refractivity contribution in [1.29, 1.82) is 0 Å². The van der Waals surface area contributed by atoms with E-state index in [1.165, 1.54) is 44.2 Å². The quantitative estimate of drug-likeness (QED) is 0.384. The Morgan fingerprint density at radius 1 is 1.30 bits per heavy atom. The summed E-state index contributed by atoms with van der Waals surface area (Å²) in [4.78, 5) is 2.60. The molecule has 1 atom stereocenters. The standard InChI is InChI=1S/C16H25N3O/c1-2-15-6-4-3-5-11-19(15)12-13-7-9-14(10-8-13)16(17)18-20/h7-10,15,20H,2-6,11-12H2,1H3,(H2,17,18). The topological polar surface area (TPSA) is 61.8 Å². The molecule has 0 amide bonds. The molecule has 0 aromatic heterocycles. The summed E-state index contributed by atoms with van der Waals surface area (Å²) < 4.78 is 0. The predicted octanol–water partition coefficient (Wildman–Crippen LogP) is 2.94. The van der Waals surface area contributed by atoms with Gasteiger partial charge in [0.25, 0.3) is 0 Å². The van der Waals surface area contributed by atoms with E-state index in [-0.39, 0.29) is 5.84 Å². The van der Waals surface area contributed by atoms with Crippen LogP contribution in [0.2, 0.25) is 0 Å². The molecule has 110 valence electrons. The second kappa shape index (κ2) is 7.29. The molecule has 1 fully saturated rings. The smallest absolute Gasteiger partial charge is 0.170 e. The fourth-order valence-electron chi connectivity index (χ4n) is 2.98. The number of amidine groups is 1. The summed E-state index contributed by atoms with van der Waals surface area (Å²) >= 11 is 0. The van der Waals surface area contributed by atoms with E-state index in [0.717, 1.165) is 12.1 Å². The van der Waals surface area contributed by atoms with E-state index in [1.807, 2.05) is 12.1 Å². The third kappa shape index (κ3) is 3.73. The third-order valence-electron chi connectivity index (χ3n) is 4.21. The molecule has 2 rings (SSSR count). The zero-order valence-corrected chi connectivity index (χ0v) is 12.3. The van der Waals surface area contributed by atoms with E-state index in [9.17, 15) is 0 Å². The highest BCUT2D eigenvalue weighted by Crippen LogP contribution is 2.21. The monoisotopic (exact) mass is 275 g/mol. The fraction of sp³-hybridized carbons (Fsp3) is 0.562. The first-order chi connectivity index (χ1) is 9.74. The van der Waals surface area contributed by atoms with Gasteiger partial charge in [0.15, 0.2) is 5.84 Å². The molecule has 1 aromatic carbocycles. The van der Waals surface area contributed by atoms with Crippen LogP contribution in [0.3, 0.4) is 0 Å². The van der Waals surface area contributed by atoms with Gasteiger partial charge in [-0.05, 0) is 31.4 Å². The molecule has 1 heterocycles. The molecule has 1 saturated heterocycles. The van der Waals surface area contributed by atoms with Crippen molar-refractivity contribution in [2.24, 2.45) is 10.9 Å². The minimum atomic E-state index is 0.165. The van der Waals surface area contributed by atoms with Crippen molar-refractivity contribution in [2.45, 2.75) is 51.6 Å². The maximum absolute atomic E-state index is 8.67. The Labute approximate surface area is 121 Å². The SMILES string of the molecule is CCC1CCCCCN1Cc1ccc(/C(N)=N/O)cc1. The van der Waals surface area contributed by atoms with Gasteiger partial charge >= 0.3 is 0 Å². The van der Waals surface area contributed by atoms with E-state index in [0.29, 0.717) is 6.04 Å². The molecule has 1 unspecified atom stereocenters. The zero-order valence-electron chi connectivity index (χ0n) is 12.3. The van der Waals surface area contributed by atoms with Crippen molar-refractivity contribution >= 4 is 5.84 Å². The van der Waals surface area contributed by atoms with E-state index in [1.54, 1.807) is 0 Å². The van der Waals surface area contributed by atoms with Crippen LogP contribution < -0.4 is 5.73 Å². The summed E-state index contributed by atoms with van der Waals surface area (Å²) in [5.41, 5.74) is 7.64. The molecule has 0 spiro atoms. The van der Waals surface area contributed by atoms with E-state index in [2.05, 4.69) is 29.1 Å². The minimum Gasteiger partial charge on any atom is -0.409 e. The van der Waals surface area contributed by atoms with Gasteiger partial charge in [0.05, 0.1) is 0 Å². The van der Waals surface area contributed by atoms with Crippen LogP contribution in [0.25, 0.3) is 0 Å². The lowest BCUT2D eigenvalue weighted by molar-refractivity contribution is 0.186. The summed E-state index contributed by atoms with van der Waals surface area (Å²) in [7, 11) is 0. The molecule has 3 N–H and O–H groups in total. The van der Waals surface area contributed by atoms with Crippen molar-refractivity contribution in [1.82, 2.24) is 4.90 Å². The Bertz CT molecular complexity index is 442. The molecule has 1 aromatic rings. The van der Waals surface area contributed by atoms with Crippen molar-refractivity contribution in [3.8, 4) is 0 Å². The number of likely N-dealkylation sites (tertiary alicyclic amines) is 1. The summed E-state index contributed by atoms with van der Waals surface area (Å²) in [5.74, 6) is 0.165. The lowest BCUT2D eigenvalue weighted by Crippen LogP contribution is -2.33. The van der Waals surface area contributed by atoms with Gasteiger partial charge in [-0.2, -0.15) is 0 Å². The van der Waals surface area contributed by atoms with Crippen LogP contribution in [0.4, 0.5) is 0 Å². The normalized spacial score (nSPS) is 21.6. The molecule has 0 radical (unpaired) electrons. The van der Waals surface area contributed by atoms with Gasteiger partial charge in [0.2, 0.25) is 0 Å². The van der Waals surface area contributed by atoms with Gasteiger partial charge in [0.1, 0.15) is 0 Å². The molecule has 4 nitrogen and oxygen atoms in total. The maximum atomic E-state index is 8.67. The fourth-order valence-corrected chi connectivity index (χ4v) is 2.98. The van der Waals surface area contributed by atoms with Crippen LogP contribution in [0.5, 0.6) is 0 Å². The van der Waals surface area contributed by atoms with Crippen LogP contribution in [-0.4, -0.2) is 28.5 Å². The summed E-state index contributed by atoms with van der Waals surface area (Å²) in [6.45, 7) is 4.47. The van der Waals surface area contributed by atoms with Crippen LogP contribution in [0.15, 0.2) is 29.4 Å². The molecule has 0 saturated carbocycles. The highest BCUT2D eigenvalue weighted by molar-refractivity contribution is 5.96. The van der Waals surface area contributed by atoms with Gasteiger partial charge in [-0.25, -0.2) is 0 Å².